The number of fused-ring (bicyclic) bond motifs is 1. The first-order valence-corrected chi connectivity index (χ1v) is 7.67. The van der Waals surface area contributed by atoms with Crippen molar-refractivity contribution in [3.05, 3.63) is 27.2 Å². The van der Waals surface area contributed by atoms with Crippen molar-refractivity contribution in [2.75, 3.05) is 13.1 Å². The number of aromatic amines is 1. The highest BCUT2D eigenvalue weighted by Gasteiger charge is 2.19. The Balaban J connectivity index is 1.94. The third kappa shape index (κ3) is 4.39. The second-order valence-corrected chi connectivity index (χ2v) is 5.80. The number of carbonyl (C=O) groups excluding carboxylic acids is 1. The normalized spacial score (nSPS) is 14.0. The van der Waals surface area contributed by atoms with Crippen LogP contribution < -0.4 is 16.2 Å². The molecule has 0 fully saturated rings. The number of nitrogens with one attached hydrogen (secondary N) is 3. The molecule has 0 spiro atoms. The monoisotopic (exact) mass is 292 g/mol. The largest absolute Gasteiger partial charge is 0.354 e. The summed E-state index contributed by atoms with van der Waals surface area (Å²) in [6.07, 6.45) is 3.97. The minimum atomic E-state index is -0.102. The van der Waals surface area contributed by atoms with Gasteiger partial charge >= 0.3 is 0 Å². The number of amides is 1. The van der Waals surface area contributed by atoms with Gasteiger partial charge in [0.2, 0.25) is 5.91 Å². The molecule has 0 bridgehead atoms. The Bertz CT molecular complexity index is 551. The maximum Gasteiger partial charge on any atom is 0.267 e. The third-order valence-corrected chi connectivity index (χ3v) is 3.71. The lowest BCUT2D eigenvalue weighted by atomic mass is 9.91. The van der Waals surface area contributed by atoms with E-state index in [0.717, 1.165) is 49.0 Å². The molecule has 0 atom stereocenters. The van der Waals surface area contributed by atoms with E-state index in [4.69, 9.17) is 0 Å². The van der Waals surface area contributed by atoms with Gasteiger partial charge in [0.25, 0.3) is 5.56 Å². The number of H-pyrrole nitrogens is 1. The quantitative estimate of drug-likeness (QED) is 0.658. The molecule has 0 unspecified atom stereocenters. The fourth-order valence-electron chi connectivity index (χ4n) is 2.65. The van der Waals surface area contributed by atoms with Gasteiger partial charge in [-0.25, -0.2) is 5.10 Å². The van der Waals surface area contributed by atoms with Crippen LogP contribution in [0.15, 0.2) is 4.79 Å². The highest BCUT2D eigenvalue weighted by molar-refractivity contribution is 5.78. The molecular weight excluding hydrogens is 268 g/mol. The zero-order valence-electron chi connectivity index (χ0n) is 12.8. The first-order chi connectivity index (χ1) is 10.1. The summed E-state index contributed by atoms with van der Waals surface area (Å²) in [6.45, 7) is 5.49. The third-order valence-electron chi connectivity index (χ3n) is 3.71. The number of carbonyl (C=O) groups is 1. The molecule has 0 aromatic carbocycles. The van der Waals surface area contributed by atoms with Gasteiger partial charge in [-0.15, -0.1) is 0 Å². The average Bonchev–Trinajstić information content (AvgIpc) is 2.47. The van der Waals surface area contributed by atoms with Gasteiger partial charge in [0, 0.05) is 24.7 Å². The van der Waals surface area contributed by atoms with Gasteiger partial charge < -0.3 is 10.6 Å². The van der Waals surface area contributed by atoms with Crippen LogP contribution in [0, 0.1) is 0 Å². The van der Waals surface area contributed by atoms with E-state index >= 15 is 0 Å². The van der Waals surface area contributed by atoms with E-state index in [1.54, 1.807) is 0 Å². The molecular formula is C15H24N4O2. The van der Waals surface area contributed by atoms with Crippen molar-refractivity contribution in [3.8, 4) is 0 Å². The van der Waals surface area contributed by atoms with Gasteiger partial charge in [-0.1, -0.05) is 13.8 Å². The Labute approximate surface area is 124 Å². The van der Waals surface area contributed by atoms with E-state index < -0.39 is 0 Å². The average molecular weight is 292 g/mol. The van der Waals surface area contributed by atoms with Crippen molar-refractivity contribution in [1.29, 1.82) is 0 Å². The van der Waals surface area contributed by atoms with Crippen molar-refractivity contribution in [2.24, 2.45) is 0 Å². The molecule has 3 N–H and O–H groups in total. The Morgan fingerprint density at radius 2 is 1.95 bits per heavy atom. The predicted octanol–water partition coefficient (Wildman–Crippen LogP) is 0.305. The molecule has 21 heavy (non-hydrogen) atoms. The van der Waals surface area contributed by atoms with Gasteiger partial charge in [0.05, 0.1) is 12.1 Å². The summed E-state index contributed by atoms with van der Waals surface area (Å²) in [6, 6.07) is 0.412. The van der Waals surface area contributed by atoms with E-state index in [1.807, 2.05) is 0 Å². The fraction of sp³-hybridized carbons (Fsp3) is 0.667. The molecule has 116 valence electrons. The van der Waals surface area contributed by atoms with Crippen LogP contribution in [-0.2, 0) is 24.1 Å². The molecule has 6 nitrogen and oxygen atoms in total. The minimum Gasteiger partial charge on any atom is -0.354 e. The SMILES string of the molecule is CC(C)NCCNC(=O)Cc1n[nH]c(=O)c2c1CCCC2. The van der Waals surface area contributed by atoms with Crippen molar-refractivity contribution < 1.29 is 4.79 Å². The summed E-state index contributed by atoms with van der Waals surface area (Å²) in [7, 11) is 0. The number of hydrogen-bond donors (Lipinski definition) is 3. The van der Waals surface area contributed by atoms with E-state index in [0.29, 0.717) is 12.6 Å². The molecule has 0 aliphatic heterocycles. The number of nitrogens with zero attached hydrogens (tertiary/aromatic N) is 1. The van der Waals surface area contributed by atoms with Gasteiger partial charge in [-0.3, -0.25) is 9.59 Å². The summed E-state index contributed by atoms with van der Waals surface area (Å²) in [4.78, 5) is 23.7. The molecule has 0 radical (unpaired) electrons. The molecule has 2 rings (SSSR count). The van der Waals surface area contributed by atoms with Crippen LogP contribution in [0.1, 0.15) is 43.5 Å². The lowest BCUT2D eigenvalue weighted by molar-refractivity contribution is -0.120. The van der Waals surface area contributed by atoms with Crippen LogP contribution in [0.25, 0.3) is 0 Å². The summed E-state index contributed by atoms with van der Waals surface area (Å²) in [5, 5.41) is 12.7. The topological polar surface area (TPSA) is 86.9 Å². The Morgan fingerprint density at radius 1 is 1.24 bits per heavy atom. The number of hydrogen-bond acceptors (Lipinski definition) is 4. The standard InChI is InChI=1S/C15H24N4O2/c1-10(2)16-7-8-17-14(20)9-13-11-5-3-4-6-12(11)15(21)19-18-13/h10,16H,3-9H2,1-2H3,(H,17,20)(H,19,21). The maximum absolute atomic E-state index is 12.0. The molecule has 1 aliphatic carbocycles. The van der Waals surface area contributed by atoms with Crippen molar-refractivity contribution >= 4 is 5.91 Å². The predicted molar refractivity (Wildman–Crippen MR) is 81.4 cm³/mol. The lowest BCUT2D eigenvalue weighted by Crippen LogP contribution is -2.36. The van der Waals surface area contributed by atoms with E-state index in [9.17, 15) is 9.59 Å². The van der Waals surface area contributed by atoms with Gasteiger partial charge in [-0.2, -0.15) is 5.10 Å². The summed E-state index contributed by atoms with van der Waals surface area (Å²) in [5.41, 5.74) is 2.43. The maximum atomic E-state index is 12.0. The minimum absolute atomic E-state index is 0.0483. The fourth-order valence-corrected chi connectivity index (χ4v) is 2.65. The first kappa shape index (κ1) is 15.7. The highest BCUT2D eigenvalue weighted by Crippen LogP contribution is 2.20. The zero-order valence-corrected chi connectivity index (χ0v) is 12.8. The van der Waals surface area contributed by atoms with Crippen LogP contribution in [0.5, 0.6) is 0 Å². The number of aromatic nitrogens is 2. The summed E-state index contributed by atoms with van der Waals surface area (Å²) >= 11 is 0. The Kier molecular flexibility index (Phi) is 5.50. The van der Waals surface area contributed by atoms with Gasteiger partial charge in [-0.05, 0) is 31.2 Å². The summed E-state index contributed by atoms with van der Waals surface area (Å²) in [5.74, 6) is -0.0483. The van der Waals surface area contributed by atoms with E-state index in [2.05, 4.69) is 34.7 Å². The molecule has 1 aromatic heterocycles. The number of rotatable bonds is 6. The van der Waals surface area contributed by atoms with Crippen molar-refractivity contribution in [1.82, 2.24) is 20.8 Å². The lowest BCUT2D eigenvalue weighted by Gasteiger charge is -2.17. The first-order valence-electron chi connectivity index (χ1n) is 7.67. The molecule has 1 aliphatic rings. The van der Waals surface area contributed by atoms with Crippen molar-refractivity contribution in [2.45, 2.75) is 52.0 Å². The molecule has 1 amide bonds. The molecule has 0 saturated carbocycles. The van der Waals surface area contributed by atoms with E-state index in [1.165, 1.54) is 0 Å². The van der Waals surface area contributed by atoms with Crippen LogP contribution >= 0.6 is 0 Å². The second kappa shape index (κ2) is 7.36. The van der Waals surface area contributed by atoms with Crippen LogP contribution in [0.3, 0.4) is 0 Å². The van der Waals surface area contributed by atoms with Crippen molar-refractivity contribution in [3.63, 3.8) is 0 Å². The summed E-state index contributed by atoms with van der Waals surface area (Å²) < 4.78 is 0. The second-order valence-electron chi connectivity index (χ2n) is 5.80. The highest BCUT2D eigenvalue weighted by atomic mass is 16.1. The molecule has 1 aromatic rings. The van der Waals surface area contributed by atoms with Gasteiger partial charge in [0.15, 0.2) is 0 Å². The van der Waals surface area contributed by atoms with Crippen LogP contribution in [-0.4, -0.2) is 35.2 Å². The molecule has 1 heterocycles. The zero-order chi connectivity index (χ0) is 15.2. The van der Waals surface area contributed by atoms with Crippen LogP contribution in [0.2, 0.25) is 0 Å². The van der Waals surface area contributed by atoms with Crippen LogP contribution in [0.4, 0.5) is 0 Å². The van der Waals surface area contributed by atoms with E-state index in [-0.39, 0.29) is 17.9 Å². The Hall–Kier alpha value is -1.69. The molecule has 6 heteroatoms. The smallest absolute Gasteiger partial charge is 0.267 e. The van der Waals surface area contributed by atoms with Gasteiger partial charge in [0.1, 0.15) is 0 Å². The molecule has 0 saturated heterocycles. The Morgan fingerprint density at radius 3 is 2.67 bits per heavy atom.